The fraction of sp³-hybridized carbons (Fsp3) is 0.424. The lowest BCUT2D eigenvalue weighted by Crippen LogP contribution is -2.66. The molecule has 3 fully saturated rings. The second-order valence-electron chi connectivity index (χ2n) is 11.8. The van der Waals surface area contributed by atoms with Crippen LogP contribution in [-0.4, -0.2) is 106 Å². The Balaban J connectivity index is 1.17. The number of fused-ring (bicyclic) bond motifs is 1. The van der Waals surface area contributed by atoms with E-state index >= 15 is 0 Å². The van der Waals surface area contributed by atoms with Gasteiger partial charge in [-0.25, -0.2) is 4.79 Å². The molecule has 3 aromatic carbocycles. The van der Waals surface area contributed by atoms with E-state index in [4.69, 9.17) is 44.8 Å². The van der Waals surface area contributed by atoms with Gasteiger partial charge in [-0.1, -0.05) is 48.0 Å². The fourth-order valence-electron chi connectivity index (χ4n) is 5.76. The van der Waals surface area contributed by atoms with Crippen LogP contribution >= 0.6 is 34.2 Å². The van der Waals surface area contributed by atoms with Crippen molar-refractivity contribution >= 4 is 45.8 Å². The zero-order valence-corrected chi connectivity index (χ0v) is 28.9. The molecule has 0 saturated carbocycles. The summed E-state index contributed by atoms with van der Waals surface area (Å²) >= 11 is 7.99. The summed E-state index contributed by atoms with van der Waals surface area (Å²) in [5.74, 6) is -0.716. The molecular weight excluding hydrogens is 797 g/mol. The summed E-state index contributed by atoms with van der Waals surface area (Å²) < 4.78 is 41.7. The number of rotatable bonds is 10. The molecule has 0 radical (unpaired) electrons. The van der Waals surface area contributed by atoms with E-state index in [0.717, 1.165) is 3.57 Å². The predicted octanol–water partition coefficient (Wildman–Crippen LogP) is 2.62. The second kappa shape index (κ2) is 16.2. The number of aliphatic hydroxyl groups excluding tert-OH is 4. The zero-order chi connectivity index (χ0) is 35.5. The van der Waals surface area contributed by atoms with Crippen LogP contribution in [0.15, 0.2) is 72.8 Å². The third-order valence-electron chi connectivity index (χ3n) is 8.42. The maximum atomic E-state index is 12.9. The van der Waals surface area contributed by atoms with Crippen molar-refractivity contribution in [2.45, 2.75) is 74.3 Å². The number of nitrogens with zero attached hydrogens (tertiary/aromatic N) is 1. The van der Waals surface area contributed by atoms with Crippen molar-refractivity contribution in [1.29, 1.82) is 0 Å². The lowest BCUT2D eigenvalue weighted by atomic mass is 9.96. The molecule has 0 aromatic heterocycles. The molecule has 3 aliphatic heterocycles. The SMILES string of the molecule is O=C(OC[C@H]1O[C@@H](OCc2ccc(Cl)c([N+](=O)[O-])c2)[C@H](O)[C@@H](O)[C@@H]1O[C@H]1O[C@@H]2COC(c3ccccc3)O[C@H]2[C@H](O)[C@H]1O)c1ccc(I)cc1. The lowest BCUT2D eigenvalue weighted by Gasteiger charge is -2.48. The number of hydrogen-bond acceptors (Lipinski definition) is 14. The first-order chi connectivity index (χ1) is 24.0. The molecule has 4 N–H and O–H groups in total. The van der Waals surface area contributed by atoms with Gasteiger partial charge < -0.3 is 53.6 Å². The second-order valence-corrected chi connectivity index (χ2v) is 13.4. The van der Waals surface area contributed by atoms with Crippen LogP contribution in [0, 0.1) is 13.7 Å². The number of nitro groups is 1. The topological polar surface area (TPSA) is 206 Å². The number of esters is 1. The molecule has 6 rings (SSSR count). The molecule has 1 unspecified atom stereocenters. The van der Waals surface area contributed by atoms with Gasteiger partial charge >= 0.3 is 5.97 Å². The van der Waals surface area contributed by atoms with Gasteiger partial charge in [0.1, 0.15) is 60.5 Å². The average molecular weight is 830 g/mol. The minimum absolute atomic E-state index is 0.0317. The van der Waals surface area contributed by atoms with Gasteiger partial charge in [-0.05, 0) is 58.5 Å². The smallest absolute Gasteiger partial charge is 0.338 e. The number of benzene rings is 3. The maximum Gasteiger partial charge on any atom is 0.338 e. The van der Waals surface area contributed by atoms with Gasteiger partial charge in [0, 0.05) is 15.2 Å². The van der Waals surface area contributed by atoms with E-state index in [-0.39, 0.29) is 29.5 Å². The van der Waals surface area contributed by atoms with Gasteiger partial charge in [-0.3, -0.25) is 10.1 Å². The summed E-state index contributed by atoms with van der Waals surface area (Å²) in [5, 5.41) is 55.7. The van der Waals surface area contributed by atoms with Crippen molar-refractivity contribution < 1.29 is 63.3 Å². The number of hydrogen-bond donors (Lipinski definition) is 4. The van der Waals surface area contributed by atoms with E-state index < -0.39 is 85.2 Å². The molecule has 0 spiro atoms. The van der Waals surface area contributed by atoms with Crippen molar-refractivity contribution in [2.24, 2.45) is 0 Å². The van der Waals surface area contributed by atoms with Crippen LogP contribution < -0.4 is 0 Å². The van der Waals surface area contributed by atoms with E-state index in [2.05, 4.69) is 22.6 Å². The molecule has 50 heavy (non-hydrogen) atoms. The highest BCUT2D eigenvalue weighted by molar-refractivity contribution is 14.1. The Labute approximate surface area is 303 Å². The van der Waals surface area contributed by atoms with Crippen LogP contribution in [-0.2, 0) is 39.8 Å². The van der Waals surface area contributed by atoms with Crippen molar-refractivity contribution in [3.63, 3.8) is 0 Å². The summed E-state index contributed by atoms with van der Waals surface area (Å²) in [5.41, 5.74) is 0.908. The molecule has 0 amide bonds. The monoisotopic (exact) mass is 829 g/mol. The van der Waals surface area contributed by atoms with Gasteiger partial charge in [0.15, 0.2) is 18.9 Å². The molecule has 17 heteroatoms. The Kier molecular flexibility index (Phi) is 12.0. The Morgan fingerprint density at radius 1 is 0.920 bits per heavy atom. The summed E-state index contributed by atoms with van der Waals surface area (Å²) in [7, 11) is 0. The van der Waals surface area contributed by atoms with Crippen LogP contribution in [0.2, 0.25) is 5.02 Å². The predicted molar refractivity (Wildman–Crippen MR) is 179 cm³/mol. The molecule has 3 heterocycles. The number of nitro benzene ring substituents is 1. The van der Waals surface area contributed by atoms with Crippen LogP contribution in [0.25, 0.3) is 0 Å². The van der Waals surface area contributed by atoms with Crippen molar-refractivity contribution in [3.8, 4) is 0 Å². The van der Waals surface area contributed by atoms with Gasteiger partial charge in [0.05, 0.1) is 23.7 Å². The molecule has 0 aliphatic carbocycles. The quantitative estimate of drug-likeness (QED) is 0.100. The molecule has 3 aliphatic rings. The van der Waals surface area contributed by atoms with Crippen molar-refractivity contribution in [3.05, 3.63) is 108 Å². The molecule has 3 aromatic rings. The molecule has 268 valence electrons. The summed E-state index contributed by atoms with van der Waals surface area (Å²) in [6, 6.07) is 19.6. The Morgan fingerprint density at radius 3 is 2.36 bits per heavy atom. The van der Waals surface area contributed by atoms with E-state index in [1.54, 1.807) is 48.5 Å². The molecule has 11 atom stereocenters. The number of carbonyl (C=O) groups excluding carboxylic acids is 1. The average Bonchev–Trinajstić information content (AvgIpc) is 3.12. The Bertz CT molecular complexity index is 1630. The molecule has 0 bridgehead atoms. The largest absolute Gasteiger partial charge is 0.459 e. The van der Waals surface area contributed by atoms with Gasteiger partial charge in [-0.2, -0.15) is 0 Å². The molecule has 15 nitrogen and oxygen atoms in total. The minimum Gasteiger partial charge on any atom is -0.459 e. The van der Waals surface area contributed by atoms with Crippen LogP contribution in [0.3, 0.4) is 0 Å². The zero-order valence-electron chi connectivity index (χ0n) is 26.0. The number of carbonyl (C=O) groups is 1. The summed E-state index contributed by atoms with van der Waals surface area (Å²) in [6.45, 7) is -0.833. The minimum atomic E-state index is -1.76. The fourth-order valence-corrected chi connectivity index (χ4v) is 6.31. The van der Waals surface area contributed by atoms with E-state index in [9.17, 15) is 35.3 Å². The van der Waals surface area contributed by atoms with Gasteiger partial charge in [0.25, 0.3) is 5.69 Å². The highest BCUT2D eigenvalue weighted by atomic mass is 127. The van der Waals surface area contributed by atoms with E-state index in [1.165, 1.54) is 18.2 Å². The third kappa shape index (κ3) is 8.27. The summed E-state index contributed by atoms with van der Waals surface area (Å²) in [4.78, 5) is 23.5. The molecular formula is C33H33ClINO14. The van der Waals surface area contributed by atoms with Crippen LogP contribution in [0.1, 0.15) is 27.8 Å². The first kappa shape index (κ1) is 36.9. The first-order valence-electron chi connectivity index (χ1n) is 15.5. The number of ether oxygens (including phenoxy) is 7. The standard InChI is InChI=1S/C33H33ClINO14/c34-20-11-6-16(12-21(20)36(42)43)13-45-32-26(39)24(37)29(22(47-32)14-44-30(41)17-7-9-19(35)10-8-17)50-33-27(40)25(38)28-23(48-33)15-46-31(49-28)18-4-2-1-3-5-18/h1-12,22-29,31-33,37-40H,13-15H2/t22-,23-,24-,25-,26-,27-,28-,29-,31?,32-,33-/m1/s1. The van der Waals surface area contributed by atoms with E-state index in [0.29, 0.717) is 11.1 Å². The number of aliphatic hydroxyl groups is 4. The highest BCUT2D eigenvalue weighted by Crippen LogP contribution is 2.36. The summed E-state index contributed by atoms with van der Waals surface area (Å²) in [6.07, 6.45) is -15.3. The Morgan fingerprint density at radius 2 is 1.64 bits per heavy atom. The van der Waals surface area contributed by atoms with Crippen LogP contribution in [0.4, 0.5) is 5.69 Å². The first-order valence-corrected chi connectivity index (χ1v) is 16.9. The van der Waals surface area contributed by atoms with Gasteiger partial charge in [-0.15, -0.1) is 0 Å². The van der Waals surface area contributed by atoms with E-state index in [1.807, 2.05) is 6.07 Å². The Hall–Kier alpha value is -2.85. The van der Waals surface area contributed by atoms with Crippen LogP contribution in [0.5, 0.6) is 0 Å². The maximum absolute atomic E-state index is 12.9. The van der Waals surface area contributed by atoms with Gasteiger partial charge in [0.2, 0.25) is 0 Å². The highest BCUT2D eigenvalue weighted by Gasteiger charge is 2.53. The normalized spacial score (nSPS) is 32.6. The lowest BCUT2D eigenvalue weighted by molar-refractivity contribution is -0.386. The molecule has 3 saturated heterocycles. The third-order valence-corrected chi connectivity index (χ3v) is 9.46. The van der Waals surface area contributed by atoms with Crippen molar-refractivity contribution in [2.75, 3.05) is 13.2 Å². The number of halogens is 2. The van der Waals surface area contributed by atoms with Crippen molar-refractivity contribution in [1.82, 2.24) is 0 Å².